The number of carbonyl (C=O) groups is 1. The molecule has 1 aromatic carbocycles. The van der Waals surface area contributed by atoms with E-state index >= 15 is 0 Å². The molecule has 1 aliphatic carbocycles. The van der Waals surface area contributed by atoms with E-state index < -0.39 is 11.4 Å². The molecule has 0 radical (unpaired) electrons. The molecule has 7 rings (SSSR count). The molecule has 0 unspecified atom stereocenters. The molecule has 1 saturated heterocycles. The number of piperidine rings is 1. The molecule has 1 atom stereocenters. The Morgan fingerprint density at radius 1 is 1.13 bits per heavy atom. The van der Waals surface area contributed by atoms with Crippen molar-refractivity contribution in [1.29, 1.82) is 0 Å². The zero-order chi connectivity index (χ0) is 31.0. The van der Waals surface area contributed by atoms with E-state index in [2.05, 4.69) is 41.9 Å². The highest BCUT2D eigenvalue weighted by Crippen LogP contribution is 2.37. The number of fused-ring (bicyclic) bond motifs is 1. The van der Waals surface area contributed by atoms with Crippen molar-refractivity contribution in [2.45, 2.75) is 56.6 Å². The molecule has 2 aliphatic rings. The number of H-pyrrole nitrogens is 1. The molecule has 2 fully saturated rings. The van der Waals surface area contributed by atoms with Gasteiger partial charge in [0.25, 0.3) is 5.91 Å². The third-order valence-corrected chi connectivity index (χ3v) is 9.04. The minimum Gasteiger partial charge on any atom is -0.368 e. The van der Waals surface area contributed by atoms with Gasteiger partial charge in [0.1, 0.15) is 11.4 Å². The fraction of sp³-hybridized carbons (Fsp3) is 0.375. The normalized spacial score (nSPS) is 17.2. The molecule has 1 amide bonds. The van der Waals surface area contributed by atoms with Gasteiger partial charge in [-0.05, 0) is 43.5 Å². The molecule has 3 N–H and O–H groups in total. The number of rotatable bonds is 9. The minimum absolute atomic E-state index is 0.182. The van der Waals surface area contributed by atoms with Crippen LogP contribution in [0.4, 0.5) is 22.0 Å². The summed E-state index contributed by atoms with van der Waals surface area (Å²) in [5.74, 6) is 2.43. The Hall–Kier alpha value is -4.91. The number of nitrogens with one attached hydrogen (secondary N) is 3. The first-order chi connectivity index (χ1) is 21.9. The summed E-state index contributed by atoms with van der Waals surface area (Å²) in [6, 6.07) is 13.2. The first-order valence-corrected chi connectivity index (χ1v) is 15.3. The number of aromatic amines is 1. The number of carbonyl (C=O) groups excluding carboxylic acids is 1. The van der Waals surface area contributed by atoms with Crippen molar-refractivity contribution in [3.63, 3.8) is 0 Å². The van der Waals surface area contributed by atoms with Gasteiger partial charge in [0.05, 0.1) is 24.0 Å². The Morgan fingerprint density at radius 3 is 2.64 bits per heavy atom. The number of para-hydroxylation sites is 1. The topological polar surface area (TPSA) is 139 Å². The SMILES string of the molecule is COC1(C(=O)N[C@@H](C)c2ccc(-n3cc(F)cn3)nc2)CCN(c2nc(Nc3cc(C4CCC4)[nH]n3)c3ccccc3n2)CC1. The van der Waals surface area contributed by atoms with Gasteiger partial charge in [-0.1, -0.05) is 24.6 Å². The molecule has 232 valence electrons. The molecule has 5 heterocycles. The quantitative estimate of drug-likeness (QED) is 0.212. The minimum atomic E-state index is -0.990. The summed E-state index contributed by atoms with van der Waals surface area (Å²) < 4.78 is 20.6. The number of anilines is 3. The molecule has 45 heavy (non-hydrogen) atoms. The summed E-state index contributed by atoms with van der Waals surface area (Å²) in [5, 5.41) is 19.0. The summed E-state index contributed by atoms with van der Waals surface area (Å²) in [4.78, 5) is 29.8. The van der Waals surface area contributed by atoms with Gasteiger partial charge in [-0.15, -0.1) is 0 Å². The highest BCUT2D eigenvalue weighted by atomic mass is 19.1. The predicted octanol–water partition coefficient (Wildman–Crippen LogP) is 4.95. The molecule has 1 saturated carbocycles. The van der Waals surface area contributed by atoms with Crippen LogP contribution in [0.15, 0.2) is 61.1 Å². The lowest BCUT2D eigenvalue weighted by Crippen LogP contribution is -2.55. The number of methoxy groups -OCH3 is 1. The fourth-order valence-corrected chi connectivity index (χ4v) is 5.97. The maximum absolute atomic E-state index is 13.6. The first-order valence-electron chi connectivity index (χ1n) is 15.3. The van der Waals surface area contributed by atoms with E-state index in [0.717, 1.165) is 34.2 Å². The van der Waals surface area contributed by atoms with E-state index in [1.54, 1.807) is 19.4 Å². The van der Waals surface area contributed by atoms with Gasteiger partial charge < -0.3 is 20.3 Å². The van der Waals surface area contributed by atoms with Gasteiger partial charge in [0.2, 0.25) is 5.95 Å². The number of nitrogens with zero attached hydrogens (tertiary/aromatic N) is 7. The lowest BCUT2D eigenvalue weighted by Gasteiger charge is -2.40. The second kappa shape index (κ2) is 11.9. The van der Waals surface area contributed by atoms with E-state index in [4.69, 9.17) is 14.7 Å². The van der Waals surface area contributed by atoms with Crippen LogP contribution in [0.25, 0.3) is 16.7 Å². The van der Waals surface area contributed by atoms with Crippen molar-refractivity contribution in [3.8, 4) is 5.82 Å². The van der Waals surface area contributed by atoms with Gasteiger partial charge in [0.15, 0.2) is 17.5 Å². The van der Waals surface area contributed by atoms with Gasteiger partial charge >= 0.3 is 0 Å². The predicted molar refractivity (Wildman–Crippen MR) is 167 cm³/mol. The van der Waals surface area contributed by atoms with Crippen LogP contribution < -0.4 is 15.5 Å². The summed E-state index contributed by atoms with van der Waals surface area (Å²) in [5.41, 5.74) is 1.80. The monoisotopic (exact) mass is 610 g/mol. The van der Waals surface area contributed by atoms with Crippen molar-refractivity contribution < 1.29 is 13.9 Å². The van der Waals surface area contributed by atoms with E-state index in [9.17, 15) is 9.18 Å². The first kappa shape index (κ1) is 28.8. The Balaban J connectivity index is 1.03. The summed E-state index contributed by atoms with van der Waals surface area (Å²) in [6.07, 6.45) is 8.61. The van der Waals surface area contributed by atoms with Crippen LogP contribution in [0.3, 0.4) is 0 Å². The molecular formula is C32H35FN10O2. The second-order valence-electron chi connectivity index (χ2n) is 11.8. The molecule has 0 spiro atoms. The Kier molecular flexibility index (Phi) is 7.61. The van der Waals surface area contributed by atoms with Crippen LogP contribution >= 0.6 is 0 Å². The largest absolute Gasteiger partial charge is 0.368 e. The number of amides is 1. The molecule has 0 bridgehead atoms. The van der Waals surface area contributed by atoms with Crippen molar-refractivity contribution >= 4 is 34.4 Å². The number of hydrogen-bond donors (Lipinski definition) is 3. The number of ether oxygens (including phenoxy) is 1. The standard InChI is InChI=1S/C32H35FN10O2/c1-20(22-10-11-28(34-17-22)43-19-23(33)18-35-43)36-30(44)32(45-2)12-14-42(15-13-32)31-37-25-9-4-3-8-24(25)29(39-31)38-27-16-26(40-41-27)21-6-5-7-21/h3-4,8-11,16-21H,5-7,12-15H2,1-2H3,(H,36,44)(H2,37,38,39,40,41)/t20-/m0/s1. The van der Waals surface area contributed by atoms with Gasteiger partial charge in [0, 0.05) is 62.3 Å². The smallest absolute Gasteiger partial charge is 0.252 e. The maximum Gasteiger partial charge on any atom is 0.252 e. The van der Waals surface area contributed by atoms with Crippen LogP contribution in [-0.4, -0.2) is 66.6 Å². The summed E-state index contributed by atoms with van der Waals surface area (Å²) in [6.45, 7) is 2.98. The average Bonchev–Trinajstić information content (AvgIpc) is 3.69. The summed E-state index contributed by atoms with van der Waals surface area (Å²) >= 11 is 0. The van der Waals surface area contributed by atoms with Crippen LogP contribution in [0.5, 0.6) is 0 Å². The van der Waals surface area contributed by atoms with Crippen molar-refractivity contribution in [1.82, 2.24) is 40.2 Å². The molecule has 4 aromatic heterocycles. The second-order valence-corrected chi connectivity index (χ2v) is 11.8. The number of benzene rings is 1. The third kappa shape index (κ3) is 5.70. The number of halogens is 1. The van der Waals surface area contributed by atoms with Gasteiger partial charge in [-0.25, -0.2) is 19.0 Å². The Bertz CT molecular complexity index is 1810. The number of pyridine rings is 1. The van der Waals surface area contributed by atoms with E-state index in [1.807, 2.05) is 37.3 Å². The zero-order valence-electron chi connectivity index (χ0n) is 25.2. The highest BCUT2D eigenvalue weighted by Gasteiger charge is 2.42. The zero-order valence-corrected chi connectivity index (χ0v) is 25.2. The van der Waals surface area contributed by atoms with E-state index in [0.29, 0.717) is 49.4 Å². The van der Waals surface area contributed by atoms with Gasteiger partial charge in [-0.2, -0.15) is 15.2 Å². The van der Waals surface area contributed by atoms with Crippen LogP contribution in [0, 0.1) is 5.82 Å². The lowest BCUT2D eigenvalue weighted by atomic mass is 9.83. The lowest BCUT2D eigenvalue weighted by molar-refractivity contribution is -0.146. The van der Waals surface area contributed by atoms with Crippen LogP contribution in [0.2, 0.25) is 0 Å². The Morgan fingerprint density at radius 2 is 1.96 bits per heavy atom. The maximum atomic E-state index is 13.6. The number of aromatic nitrogens is 7. The fourth-order valence-electron chi connectivity index (χ4n) is 5.97. The molecular weight excluding hydrogens is 575 g/mol. The third-order valence-electron chi connectivity index (χ3n) is 9.04. The number of hydrogen-bond acceptors (Lipinski definition) is 9. The Labute approximate surface area is 259 Å². The van der Waals surface area contributed by atoms with E-state index in [1.165, 1.54) is 30.1 Å². The molecule has 5 aromatic rings. The summed E-state index contributed by atoms with van der Waals surface area (Å²) in [7, 11) is 1.58. The van der Waals surface area contributed by atoms with Crippen molar-refractivity contribution in [3.05, 3.63) is 78.1 Å². The van der Waals surface area contributed by atoms with Gasteiger partial charge in [-0.3, -0.25) is 9.89 Å². The average molecular weight is 611 g/mol. The molecule has 12 nitrogen and oxygen atoms in total. The highest BCUT2D eigenvalue weighted by molar-refractivity contribution is 5.91. The van der Waals surface area contributed by atoms with Crippen molar-refractivity contribution in [2.75, 3.05) is 30.4 Å². The molecule has 1 aliphatic heterocycles. The molecule has 13 heteroatoms. The van der Waals surface area contributed by atoms with E-state index in [-0.39, 0.29) is 11.9 Å². The van der Waals surface area contributed by atoms with Crippen LogP contribution in [0.1, 0.15) is 62.2 Å². The van der Waals surface area contributed by atoms with Crippen molar-refractivity contribution in [2.24, 2.45) is 0 Å². The van der Waals surface area contributed by atoms with Crippen LogP contribution in [-0.2, 0) is 9.53 Å².